The van der Waals surface area contributed by atoms with Gasteiger partial charge in [-0.1, -0.05) is 12.2 Å². The summed E-state index contributed by atoms with van der Waals surface area (Å²) in [6.45, 7) is 0. The maximum atomic E-state index is 11.6. The molecule has 94 valence electrons. The zero-order chi connectivity index (χ0) is 13.1. The van der Waals surface area contributed by atoms with E-state index >= 15 is 0 Å². The standard InChI is InChI=1S/C11H11N3O3S/c1-16-9-4-3-7(5-8(9)11(15)17-2)14-10(18)6-12-13-14/h3-6,13H,1-2H3. The van der Waals surface area contributed by atoms with E-state index in [1.165, 1.54) is 20.4 Å². The second kappa shape index (κ2) is 5.01. The quantitative estimate of drug-likeness (QED) is 0.676. The van der Waals surface area contributed by atoms with Gasteiger partial charge in [0.05, 0.1) is 26.1 Å². The van der Waals surface area contributed by atoms with Gasteiger partial charge in [0.25, 0.3) is 0 Å². The van der Waals surface area contributed by atoms with Gasteiger partial charge in [0.2, 0.25) is 0 Å². The number of nitrogens with zero attached hydrogens (tertiary/aromatic N) is 2. The second-order valence-corrected chi connectivity index (χ2v) is 3.83. The van der Waals surface area contributed by atoms with Crippen molar-refractivity contribution < 1.29 is 14.3 Å². The monoisotopic (exact) mass is 265 g/mol. The first-order valence-corrected chi connectivity index (χ1v) is 5.47. The van der Waals surface area contributed by atoms with Crippen molar-refractivity contribution in [1.82, 2.24) is 15.0 Å². The summed E-state index contributed by atoms with van der Waals surface area (Å²) in [6, 6.07) is 5.06. The predicted octanol–water partition coefficient (Wildman–Crippen LogP) is 1.73. The summed E-state index contributed by atoms with van der Waals surface area (Å²) in [5.74, 6) is -0.0311. The molecule has 1 N–H and O–H groups in total. The van der Waals surface area contributed by atoms with Crippen molar-refractivity contribution in [3.05, 3.63) is 34.6 Å². The predicted molar refractivity (Wildman–Crippen MR) is 66.6 cm³/mol. The molecule has 0 aliphatic carbocycles. The van der Waals surface area contributed by atoms with E-state index in [4.69, 9.17) is 21.7 Å². The van der Waals surface area contributed by atoms with Gasteiger partial charge in [-0.25, -0.2) is 14.7 Å². The highest BCUT2D eigenvalue weighted by Gasteiger charge is 2.14. The zero-order valence-electron chi connectivity index (χ0n) is 9.84. The lowest BCUT2D eigenvalue weighted by Crippen LogP contribution is -2.06. The van der Waals surface area contributed by atoms with Crippen LogP contribution >= 0.6 is 12.2 Å². The Morgan fingerprint density at radius 3 is 2.78 bits per heavy atom. The highest BCUT2D eigenvalue weighted by molar-refractivity contribution is 7.71. The van der Waals surface area contributed by atoms with Crippen molar-refractivity contribution >= 4 is 18.2 Å². The fourth-order valence-electron chi connectivity index (χ4n) is 1.54. The third-order valence-corrected chi connectivity index (χ3v) is 2.69. The summed E-state index contributed by atoms with van der Waals surface area (Å²) < 4.78 is 11.9. The van der Waals surface area contributed by atoms with Gasteiger partial charge in [0.15, 0.2) is 0 Å². The van der Waals surface area contributed by atoms with E-state index in [1.807, 2.05) is 0 Å². The van der Waals surface area contributed by atoms with Gasteiger partial charge in [0.1, 0.15) is 16.0 Å². The lowest BCUT2D eigenvalue weighted by molar-refractivity contribution is 0.0597. The molecule has 0 unspecified atom stereocenters. The van der Waals surface area contributed by atoms with E-state index in [1.54, 1.807) is 22.9 Å². The first kappa shape index (κ1) is 12.3. The molecule has 18 heavy (non-hydrogen) atoms. The average molecular weight is 265 g/mol. The van der Waals surface area contributed by atoms with Crippen LogP contribution in [0, 0.1) is 4.64 Å². The molecule has 0 saturated heterocycles. The highest BCUT2D eigenvalue weighted by atomic mass is 32.1. The molecular formula is C11H11N3O3S. The Balaban J connectivity index is 2.56. The highest BCUT2D eigenvalue weighted by Crippen LogP contribution is 2.22. The molecular weight excluding hydrogens is 254 g/mol. The van der Waals surface area contributed by atoms with E-state index in [9.17, 15) is 4.79 Å². The summed E-state index contributed by atoms with van der Waals surface area (Å²) in [5, 5.41) is 6.53. The normalized spacial score (nSPS) is 10.1. The molecule has 7 heteroatoms. The number of benzene rings is 1. The number of aromatic amines is 1. The number of methoxy groups -OCH3 is 2. The molecule has 0 fully saturated rings. The largest absolute Gasteiger partial charge is 0.496 e. The zero-order valence-corrected chi connectivity index (χ0v) is 10.7. The van der Waals surface area contributed by atoms with Gasteiger partial charge in [-0.05, 0) is 18.2 Å². The number of hydrogen-bond donors (Lipinski definition) is 1. The van der Waals surface area contributed by atoms with Gasteiger partial charge < -0.3 is 9.47 Å². The first-order valence-electron chi connectivity index (χ1n) is 5.06. The number of H-pyrrole nitrogens is 1. The fourth-order valence-corrected chi connectivity index (χ4v) is 1.74. The van der Waals surface area contributed by atoms with E-state index in [-0.39, 0.29) is 0 Å². The molecule has 2 aromatic rings. The molecule has 0 radical (unpaired) electrons. The molecule has 1 aromatic heterocycles. The Labute approximate surface area is 108 Å². The number of nitrogens with one attached hydrogen (secondary N) is 1. The van der Waals surface area contributed by atoms with Crippen LogP contribution in [0.5, 0.6) is 5.75 Å². The van der Waals surface area contributed by atoms with E-state index in [2.05, 4.69) is 10.3 Å². The van der Waals surface area contributed by atoms with Crippen molar-refractivity contribution in [2.45, 2.75) is 0 Å². The fraction of sp³-hybridized carbons (Fsp3) is 0.182. The number of carbonyl (C=O) groups excluding carboxylic acids is 1. The van der Waals surface area contributed by atoms with Crippen LogP contribution in [0.3, 0.4) is 0 Å². The minimum atomic E-state index is -0.472. The molecule has 6 nitrogen and oxygen atoms in total. The Kier molecular flexibility index (Phi) is 3.42. The first-order chi connectivity index (χ1) is 8.67. The van der Waals surface area contributed by atoms with Crippen molar-refractivity contribution in [2.24, 2.45) is 0 Å². The molecule has 0 bridgehead atoms. The molecule has 2 rings (SSSR count). The van der Waals surface area contributed by atoms with Crippen LogP contribution in [0.4, 0.5) is 0 Å². The molecule has 0 saturated carbocycles. The molecule has 0 aliphatic heterocycles. The smallest absolute Gasteiger partial charge is 0.341 e. The van der Waals surface area contributed by atoms with Crippen LogP contribution in [-0.4, -0.2) is 35.2 Å². The minimum absolute atomic E-state index is 0.328. The van der Waals surface area contributed by atoms with Crippen molar-refractivity contribution in [1.29, 1.82) is 0 Å². The van der Waals surface area contributed by atoms with Crippen molar-refractivity contribution in [2.75, 3.05) is 14.2 Å². The third kappa shape index (κ3) is 2.12. The molecule has 0 spiro atoms. The van der Waals surface area contributed by atoms with Crippen LogP contribution in [0.2, 0.25) is 0 Å². The number of aromatic nitrogens is 3. The van der Waals surface area contributed by atoms with Gasteiger partial charge in [-0.3, -0.25) is 0 Å². The maximum absolute atomic E-state index is 11.6. The van der Waals surface area contributed by atoms with Gasteiger partial charge >= 0.3 is 5.97 Å². The van der Waals surface area contributed by atoms with Crippen LogP contribution in [0.15, 0.2) is 24.4 Å². The van der Waals surface area contributed by atoms with Gasteiger partial charge in [-0.2, -0.15) is 5.10 Å². The van der Waals surface area contributed by atoms with E-state index < -0.39 is 5.97 Å². The summed E-state index contributed by atoms with van der Waals surface area (Å²) in [7, 11) is 2.81. The Hall–Kier alpha value is -2.15. The van der Waals surface area contributed by atoms with E-state index in [0.29, 0.717) is 21.6 Å². The number of rotatable bonds is 3. The van der Waals surface area contributed by atoms with Crippen molar-refractivity contribution in [3.8, 4) is 11.4 Å². The SMILES string of the molecule is COC(=O)c1cc(-n2[nH]ncc2=S)ccc1OC. The molecule has 0 atom stereocenters. The van der Waals surface area contributed by atoms with Crippen LogP contribution < -0.4 is 4.74 Å². The summed E-state index contributed by atoms with van der Waals surface area (Å²) in [4.78, 5) is 11.6. The number of carbonyl (C=O) groups is 1. The Morgan fingerprint density at radius 1 is 1.44 bits per heavy atom. The molecule has 1 aromatic carbocycles. The lowest BCUT2D eigenvalue weighted by atomic mass is 10.2. The maximum Gasteiger partial charge on any atom is 0.341 e. The Bertz CT molecular complexity index is 632. The summed E-state index contributed by atoms with van der Waals surface area (Å²) >= 11 is 5.09. The third-order valence-electron chi connectivity index (χ3n) is 2.40. The topological polar surface area (TPSA) is 69.1 Å². The van der Waals surface area contributed by atoms with Crippen LogP contribution in [0.1, 0.15) is 10.4 Å². The molecule has 0 amide bonds. The average Bonchev–Trinajstić information content (AvgIpc) is 2.83. The minimum Gasteiger partial charge on any atom is -0.496 e. The molecule has 1 heterocycles. The van der Waals surface area contributed by atoms with Crippen LogP contribution in [0.25, 0.3) is 5.69 Å². The second-order valence-electron chi connectivity index (χ2n) is 3.41. The van der Waals surface area contributed by atoms with Gasteiger partial charge in [-0.15, -0.1) is 0 Å². The summed E-state index contributed by atoms with van der Waals surface area (Å²) in [5.41, 5.74) is 1.01. The van der Waals surface area contributed by atoms with Crippen LogP contribution in [-0.2, 0) is 4.74 Å². The number of esters is 1. The van der Waals surface area contributed by atoms with E-state index in [0.717, 1.165) is 0 Å². The van der Waals surface area contributed by atoms with Gasteiger partial charge in [0, 0.05) is 0 Å². The number of hydrogen-bond acceptors (Lipinski definition) is 5. The molecule has 0 aliphatic rings. The lowest BCUT2D eigenvalue weighted by Gasteiger charge is -2.09. The number of ether oxygens (including phenoxy) is 2. The van der Waals surface area contributed by atoms with Crippen molar-refractivity contribution in [3.63, 3.8) is 0 Å². The summed E-state index contributed by atoms with van der Waals surface area (Å²) in [6.07, 6.45) is 1.51. The Morgan fingerprint density at radius 2 is 2.22 bits per heavy atom.